The third-order valence-corrected chi connectivity index (χ3v) is 11.6. The van der Waals surface area contributed by atoms with Gasteiger partial charge in [0.2, 0.25) is 11.8 Å². The third-order valence-electron chi connectivity index (χ3n) is 11.6. The lowest BCUT2D eigenvalue weighted by molar-refractivity contribution is -0.142. The average Bonchev–Trinajstić information content (AvgIpc) is 3.24. The van der Waals surface area contributed by atoms with Gasteiger partial charge in [0.25, 0.3) is 0 Å². The Labute approximate surface area is 370 Å². The van der Waals surface area contributed by atoms with Crippen molar-refractivity contribution in [1.29, 1.82) is 5.26 Å². The summed E-state index contributed by atoms with van der Waals surface area (Å²) in [5.41, 5.74) is 24.2. The highest BCUT2D eigenvalue weighted by molar-refractivity contribution is 6.01. The number of carbonyl (C=O) groups excluding carboxylic acids is 5. The summed E-state index contributed by atoms with van der Waals surface area (Å²) in [5.74, 6) is -3.05. The van der Waals surface area contributed by atoms with Crippen LogP contribution in [0.1, 0.15) is 104 Å². The lowest BCUT2D eigenvalue weighted by Gasteiger charge is -2.32. The van der Waals surface area contributed by atoms with E-state index in [0.717, 1.165) is 5.56 Å². The Hall–Kier alpha value is -6.30. The lowest BCUT2D eigenvalue weighted by atomic mass is 9.86. The van der Waals surface area contributed by atoms with Crippen molar-refractivity contribution in [2.24, 2.45) is 23.3 Å². The number of aryl methyl sites for hydroxylation is 2. The number of rotatable bonds is 14. The number of nitriles is 1. The number of fused-ring (bicyclic) bond motifs is 5. The Morgan fingerprint density at radius 2 is 1.63 bits per heavy atom. The molecule has 2 amide bonds. The molecule has 0 aliphatic carbocycles. The van der Waals surface area contributed by atoms with Gasteiger partial charge in [-0.25, -0.2) is 9.97 Å². The smallest absolute Gasteiger partial charge is 0.226 e. The molecule has 4 bridgehead atoms. The van der Waals surface area contributed by atoms with Crippen molar-refractivity contribution in [1.82, 2.24) is 20.2 Å². The summed E-state index contributed by atoms with van der Waals surface area (Å²) in [4.78, 5) is 81.3. The van der Waals surface area contributed by atoms with Gasteiger partial charge in [-0.1, -0.05) is 64.1 Å². The lowest BCUT2D eigenvalue weighted by Crippen LogP contribution is -2.46. The van der Waals surface area contributed by atoms with Gasteiger partial charge in [0.15, 0.2) is 23.2 Å². The molecule has 0 saturated carbocycles. The molecule has 14 heteroatoms. The van der Waals surface area contributed by atoms with E-state index in [1.165, 1.54) is 17.5 Å². The molecule has 4 aromatic rings. The first kappa shape index (κ1) is 47.7. The summed E-state index contributed by atoms with van der Waals surface area (Å²) < 4.78 is 6.07. The molecule has 0 radical (unpaired) electrons. The highest BCUT2D eigenvalue weighted by Gasteiger charge is 2.36. The molecule has 0 saturated heterocycles. The number of nitrogens with one attached hydrogen (secondary N) is 1. The van der Waals surface area contributed by atoms with E-state index in [1.807, 2.05) is 30.3 Å². The summed E-state index contributed by atoms with van der Waals surface area (Å²) in [6.07, 6.45) is -0.333. The van der Waals surface area contributed by atoms with Gasteiger partial charge in [0, 0.05) is 73.5 Å². The van der Waals surface area contributed by atoms with Crippen LogP contribution in [-0.4, -0.2) is 76.8 Å². The predicted octanol–water partition coefficient (Wildman–Crippen LogP) is 5.89. The zero-order valence-corrected chi connectivity index (χ0v) is 37.4. The van der Waals surface area contributed by atoms with Gasteiger partial charge in [-0.2, -0.15) is 5.26 Å². The molecule has 14 nitrogen and oxygen atoms in total. The van der Waals surface area contributed by atoms with Gasteiger partial charge in [-0.3, -0.25) is 24.0 Å². The van der Waals surface area contributed by atoms with Gasteiger partial charge in [0.1, 0.15) is 18.4 Å². The van der Waals surface area contributed by atoms with Crippen molar-refractivity contribution in [2.45, 2.75) is 97.6 Å². The molecule has 0 spiro atoms. The number of hydrogen-bond acceptors (Lipinski definition) is 12. The van der Waals surface area contributed by atoms with Crippen LogP contribution in [0, 0.1) is 37.0 Å². The SMILES string of the molecule is Cc1nc(-c2ccc(C(C)(C)C)cc2)nc(C)c1C(=O)C[C@@H](CCN)C(=O)N(C)[C@@H]1C(=O)C[C@@H](C)C(=O)N[C@H](C(=O)CCC#N)Cc2ccc(N)c(c2)-c2cc1ccc2OCCN. The molecule has 63 heavy (non-hydrogen) atoms. The Balaban J connectivity index is 1.53. The average molecular weight is 857 g/mol. The first-order valence-electron chi connectivity index (χ1n) is 21.4. The van der Waals surface area contributed by atoms with Crippen LogP contribution in [-0.2, 0) is 31.0 Å². The van der Waals surface area contributed by atoms with Crippen LogP contribution in [0.15, 0.2) is 60.7 Å². The minimum absolute atomic E-state index is 0.0220. The molecule has 5 rings (SSSR count). The van der Waals surface area contributed by atoms with Crippen LogP contribution in [0.5, 0.6) is 5.75 Å². The van der Waals surface area contributed by atoms with E-state index in [-0.39, 0.29) is 75.2 Å². The number of anilines is 1. The second-order valence-electron chi connectivity index (χ2n) is 17.4. The van der Waals surface area contributed by atoms with E-state index in [9.17, 15) is 29.2 Å². The highest BCUT2D eigenvalue weighted by atomic mass is 16.5. The van der Waals surface area contributed by atoms with E-state index >= 15 is 0 Å². The Kier molecular flexibility index (Phi) is 15.7. The Morgan fingerprint density at radius 1 is 0.952 bits per heavy atom. The second-order valence-corrected chi connectivity index (χ2v) is 17.4. The maximum atomic E-state index is 14.7. The first-order chi connectivity index (χ1) is 29.9. The first-order valence-corrected chi connectivity index (χ1v) is 21.4. The minimum atomic E-state index is -1.22. The van der Waals surface area contributed by atoms with Crippen molar-refractivity contribution in [3.05, 3.63) is 94.3 Å². The van der Waals surface area contributed by atoms with E-state index in [1.54, 1.807) is 57.2 Å². The minimum Gasteiger partial charge on any atom is -0.492 e. The van der Waals surface area contributed by atoms with Crippen molar-refractivity contribution < 1.29 is 28.7 Å². The number of ketones is 3. The van der Waals surface area contributed by atoms with Crippen molar-refractivity contribution in [3.8, 4) is 34.3 Å². The largest absolute Gasteiger partial charge is 0.492 e. The van der Waals surface area contributed by atoms with E-state index in [4.69, 9.17) is 31.9 Å². The van der Waals surface area contributed by atoms with Gasteiger partial charge < -0.3 is 32.2 Å². The summed E-state index contributed by atoms with van der Waals surface area (Å²) in [6, 6.07) is 18.2. The van der Waals surface area contributed by atoms with Crippen LogP contribution >= 0.6 is 0 Å². The third kappa shape index (κ3) is 11.4. The number of nitrogens with zero attached hydrogens (tertiary/aromatic N) is 4. The van der Waals surface area contributed by atoms with Gasteiger partial charge in [-0.15, -0.1) is 0 Å². The van der Waals surface area contributed by atoms with E-state index in [2.05, 4.69) is 26.1 Å². The normalized spacial score (nSPS) is 17.2. The zero-order chi connectivity index (χ0) is 46.2. The van der Waals surface area contributed by atoms with Crippen molar-refractivity contribution >= 4 is 34.9 Å². The number of aromatic nitrogens is 2. The summed E-state index contributed by atoms with van der Waals surface area (Å²) in [7, 11) is 1.50. The molecule has 1 aliphatic rings. The molecular weight excluding hydrogens is 797 g/mol. The molecule has 0 fully saturated rings. The monoisotopic (exact) mass is 856 g/mol. The fourth-order valence-electron chi connectivity index (χ4n) is 8.09. The van der Waals surface area contributed by atoms with Crippen LogP contribution < -0.4 is 27.3 Å². The topological polar surface area (TPSA) is 237 Å². The molecule has 0 unspecified atom stereocenters. The quantitative estimate of drug-likeness (QED) is 0.0858. The number of nitrogen functional groups attached to an aromatic ring is 1. The van der Waals surface area contributed by atoms with Crippen molar-refractivity contribution in [3.63, 3.8) is 0 Å². The molecule has 1 aliphatic heterocycles. The maximum Gasteiger partial charge on any atom is 0.226 e. The van der Waals surface area contributed by atoms with Gasteiger partial charge >= 0.3 is 0 Å². The van der Waals surface area contributed by atoms with Gasteiger partial charge in [0.05, 0.1) is 29.1 Å². The zero-order valence-electron chi connectivity index (χ0n) is 37.4. The highest BCUT2D eigenvalue weighted by Crippen LogP contribution is 2.39. The fourth-order valence-corrected chi connectivity index (χ4v) is 8.09. The number of ether oxygens (including phenoxy) is 1. The van der Waals surface area contributed by atoms with Crippen LogP contribution in [0.25, 0.3) is 22.5 Å². The number of nitrogens with two attached hydrogens (primary N) is 3. The molecule has 2 heterocycles. The number of Topliss-reactive ketones (excluding diaryl/α,β-unsaturated/α-hetero) is 3. The van der Waals surface area contributed by atoms with Crippen LogP contribution in [0.3, 0.4) is 0 Å². The standard InChI is InChI=1S/C49H60N8O6/c1-28-23-42(60)45(33-13-17-43(63-22-21-52)37(26-33)36-24-31(10-16-38(36)53)25-39(56-47(28)61)40(58)9-8-19-50)57(7)48(62)34(18-20-51)27-41(59)44-29(2)54-46(55-30(44)3)32-11-14-35(15-12-32)49(4,5)6/h10-17,24,26,28,34,39,45H,8-9,18,20-23,25,27,51-53H2,1-7H3,(H,56,61)/t28-,34-,39+,45+/m1/s1. The number of hydrogen-bond donors (Lipinski definition) is 4. The summed E-state index contributed by atoms with van der Waals surface area (Å²) >= 11 is 0. The Bertz CT molecular complexity index is 2380. The Morgan fingerprint density at radius 3 is 2.25 bits per heavy atom. The van der Waals surface area contributed by atoms with E-state index < -0.39 is 41.5 Å². The van der Waals surface area contributed by atoms with Crippen LogP contribution in [0.2, 0.25) is 0 Å². The summed E-state index contributed by atoms with van der Waals surface area (Å²) in [5, 5.41) is 12.0. The number of amides is 2. The van der Waals surface area contributed by atoms with Crippen LogP contribution in [0.4, 0.5) is 5.69 Å². The molecular formula is C49H60N8O6. The summed E-state index contributed by atoms with van der Waals surface area (Å²) in [6.45, 7) is 12.0. The molecule has 7 N–H and O–H groups in total. The molecule has 1 aromatic heterocycles. The predicted molar refractivity (Wildman–Crippen MR) is 242 cm³/mol. The second kappa shape index (κ2) is 20.7. The van der Waals surface area contributed by atoms with Gasteiger partial charge in [-0.05, 0) is 79.6 Å². The molecule has 332 valence electrons. The molecule has 4 atom stereocenters. The maximum absolute atomic E-state index is 14.7. The molecule has 3 aromatic carbocycles. The fraction of sp³-hybridized carbons (Fsp3) is 0.429. The van der Waals surface area contributed by atoms with E-state index in [0.29, 0.717) is 56.5 Å². The van der Waals surface area contributed by atoms with Crippen molar-refractivity contribution in [2.75, 3.05) is 32.5 Å². The number of likely N-dealkylation sites (N-methyl/N-ethyl adjacent to an activating group) is 1. The number of benzene rings is 3. The number of carbonyl (C=O) groups is 5.